The molecule has 1 saturated carbocycles. The second-order valence-electron chi connectivity index (χ2n) is 9.52. The van der Waals surface area contributed by atoms with Crippen LogP contribution in [-0.4, -0.2) is 36.7 Å². The van der Waals surface area contributed by atoms with Crippen molar-refractivity contribution in [3.8, 4) is 17.0 Å². The number of anilines is 1. The molecule has 0 bridgehead atoms. The number of benzene rings is 1. The molecule has 3 aromatic heterocycles. The average Bonchev–Trinajstić information content (AvgIpc) is 3.67. The number of aryl methyl sites for hydroxylation is 1. The van der Waals surface area contributed by atoms with Gasteiger partial charge >= 0.3 is 7.60 Å². The van der Waals surface area contributed by atoms with Gasteiger partial charge in [-0.15, -0.1) is 0 Å². The maximum absolute atomic E-state index is 12.8. The lowest BCUT2D eigenvalue weighted by Crippen LogP contribution is -2.13. The maximum atomic E-state index is 12.8. The minimum Gasteiger partial charge on any atom is -0.424 e. The molecule has 2 N–H and O–H groups in total. The van der Waals surface area contributed by atoms with Crippen LogP contribution in [0.5, 0.6) is 5.75 Å². The van der Waals surface area contributed by atoms with Crippen LogP contribution >= 0.6 is 19.2 Å². The van der Waals surface area contributed by atoms with E-state index in [9.17, 15) is 14.3 Å². The van der Waals surface area contributed by atoms with Crippen LogP contribution < -0.4 is 9.84 Å². The summed E-state index contributed by atoms with van der Waals surface area (Å²) in [6.45, 7) is 2.49. The third-order valence-electron chi connectivity index (χ3n) is 6.39. The Bertz CT molecular complexity index is 1490. The predicted molar refractivity (Wildman–Crippen MR) is 148 cm³/mol. The van der Waals surface area contributed by atoms with E-state index in [0.29, 0.717) is 51.8 Å². The Morgan fingerprint density at radius 1 is 1.26 bits per heavy atom. The number of halogens is 1. The first-order valence-corrected chi connectivity index (χ1v) is 14.9. The standard InChI is InChI=1S/C27H29ClN5O4P/c1-2-15-38(35,36)37-21-11-9-19(10-12-21)24-23(28)16-22-25(31-27(34)20-6-3-13-29-17-20)32-33(26(22)30-24)14-4-5-18-7-8-18/h3,6,9-13,16-18H,2,4-5,7-8,14-15H2,1H3,(H,35,36)(H,31,32,34). The van der Waals surface area contributed by atoms with Crippen LogP contribution in [0.15, 0.2) is 54.9 Å². The van der Waals surface area contributed by atoms with E-state index in [1.807, 2.05) is 11.6 Å². The van der Waals surface area contributed by atoms with Gasteiger partial charge in [-0.2, -0.15) is 5.10 Å². The molecule has 38 heavy (non-hydrogen) atoms. The van der Waals surface area contributed by atoms with Crippen molar-refractivity contribution in [2.75, 3.05) is 11.5 Å². The number of nitrogens with zero attached hydrogens (tertiary/aromatic N) is 4. The number of amides is 1. The van der Waals surface area contributed by atoms with Crippen LogP contribution in [0, 0.1) is 5.92 Å². The van der Waals surface area contributed by atoms with Crippen LogP contribution in [0.2, 0.25) is 5.02 Å². The molecule has 198 valence electrons. The number of carbonyl (C=O) groups is 1. The molecule has 1 amide bonds. The molecule has 1 aliphatic rings. The lowest BCUT2D eigenvalue weighted by Gasteiger charge is -2.13. The van der Waals surface area contributed by atoms with Gasteiger partial charge in [0.1, 0.15) is 5.75 Å². The first kappa shape index (κ1) is 26.4. The zero-order valence-electron chi connectivity index (χ0n) is 21.0. The van der Waals surface area contributed by atoms with Gasteiger partial charge in [0.15, 0.2) is 11.5 Å². The fourth-order valence-electron chi connectivity index (χ4n) is 4.30. The van der Waals surface area contributed by atoms with Crippen LogP contribution in [0.3, 0.4) is 0 Å². The van der Waals surface area contributed by atoms with E-state index >= 15 is 0 Å². The predicted octanol–water partition coefficient (Wildman–Crippen LogP) is 6.56. The summed E-state index contributed by atoms with van der Waals surface area (Å²) in [5.74, 6) is 1.17. The van der Waals surface area contributed by atoms with Crippen molar-refractivity contribution in [1.29, 1.82) is 0 Å². The summed E-state index contributed by atoms with van der Waals surface area (Å²) in [5.41, 5.74) is 2.30. The third-order valence-corrected chi connectivity index (χ3v) is 8.19. The largest absolute Gasteiger partial charge is 0.424 e. The van der Waals surface area contributed by atoms with Gasteiger partial charge in [-0.25, -0.2) is 14.2 Å². The highest BCUT2D eigenvalue weighted by atomic mass is 35.5. The first-order chi connectivity index (χ1) is 18.3. The van der Waals surface area contributed by atoms with Gasteiger partial charge in [0.25, 0.3) is 5.91 Å². The number of rotatable bonds is 11. The molecule has 0 spiro atoms. The molecule has 3 heterocycles. The van der Waals surface area contributed by atoms with Crippen molar-refractivity contribution in [3.63, 3.8) is 0 Å². The van der Waals surface area contributed by atoms with Crippen LogP contribution in [-0.2, 0) is 11.1 Å². The van der Waals surface area contributed by atoms with Crippen molar-refractivity contribution in [2.24, 2.45) is 5.92 Å². The molecule has 1 unspecified atom stereocenters. The molecular weight excluding hydrogens is 525 g/mol. The Hall–Kier alpha value is -3.26. The second-order valence-corrected chi connectivity index (χ2v) is 11.8. The van der Waals surface area contributed by atoms with E-state index in [-0.39, 0.29) is 12.1 Å². The minimum absolute atomic E-state index is 0.0865. The summed E-state index contributed by atoms with van der Waals surface area (Å²) in [5, 5.41) is 8.60. The van der Waals surface area contributed by atoms with Crippen LogP contribution in [0.25, 0.3) is 22.3 Å². The van der Waals surface area contributed by atoms with Gasteiger partial charge in [-0.1, -0.05) is 31.4 Å². The number of aromatic nitrogens is 4. The SMILES string of the molecule is CCCP(=O)(O)Oc1ccc(-c2nc3c(cc2Cl)c(NC(=O)c2cccnc2)nn3CCCC2CC2)cc1. The fraction of sp³-hybridized carbons (Fsp3) is 0.333. The Labute approximate surface area is 225 Å². The summed E-state index contributed by atoms with van der Waals surface area (Å²) in [4.78, 5) is 31.6. The summed E-state index contributed by atoms with van der Waals surface area (Å²) in [6.07, 6.45) is 8.41. The molecule has 1 fully saturated rings. The van der Waals surface area contributed by atoms with Crippen molar-refractivity contribution < 1.29 is 18.8 Å². The lowest BCUT2D eigenvalue weighted by molar-refractivity contribution is 0.102. The Morgan fingerprint density at radius 3 is 2.74 bits per heavy atom. The molecule has 1 aliphatic carbocycles. The summed E-state index contributed by atoms with van der Waals surface area (Å²) in [6, 6.07) is 11.9. The first-order valence-electron chi connectivity index (χ1n) is 12.7. The number of fused-ring (bicyclic) bond motifs is 1. The number of pyridine rings is 2. The lowest BCUT2D eigenvalue weighted by atomic mass is 10.1. The fourth-order valence-corrected chi connectivity index (χ4v) is 5.67. The molecule has 1 aromatic carbocycles. The van der Waals surface area contributed by atoms with E-state index in [2.05, 4.69) is 15.4 Å². The van der Waals surface area contributed by atoms with E-state index in [0.717, 1.165) is 24.3 Å². The van der Waals surface area contributed by atoms with Gasteiger partial charge in [-0.05, 0) is 67.6 Å². The molecule has 0 radical (unpaired) electrons. The van der Waals surface area contributed by atoms with E-state index in [1.165, 1.54) is 19.0 Å². The van der Waals surface area contributed by atoms with E-state index in [1.54, 1.807) is 48.7 Å². The number of hydrogen-bond acceptors (Lipinski definition) is 6. The monoisotopic (exact) mass is 553 g/mol. The van der Waals surface area contributed by atoms with Crippen molar-refractivity contribution in [2.45, 2.75) is 45.6 Å². The zero-order valence-corrected chi connectivity index (χ0v) is 22.7. The molecule has 9 nitrogen and oxygen atoms in total. The molecule has 0 aliphatic heterocycles. The molecule has 11 heteroatoms. The van der Waals surface area contributed by atoms with Gasteiger partial charge in [0, 0.05) is 24.5 Å². The van der Waals surface area contributed by atoms with Crippen molar-refractivity contribution >= 4 is 42.0 Å². The minimum atomic E-state index is -3.69. The van der Waals surface area contributed by atoms with Gasteiger partial charge in [0.2, 0.25) is 0 Å². The topological polar surface area (TPSA) is 119 Å². The molecule has 4 aromatic rings. The smallest absolute Gasteiger partial charge is 0.376 e. The number of carbonyl (C=O) groups excluding carboxylic acids is 1. The average molecular weight is 554 g/mol. The Kier molecular flexibility index (Phi) is 7.79. The third kappa shape index (κ3) is 6.23. The summed E-state index contributed by atoms with van der Waals surface area (Å²) in [7, 11) is -3.69. The van der Waals surface area contributed by atoms with E-state index in [4.69, 9.17) is 21.1 Å². The van der Waals surface area contributed by atoms with Gasteiger partial charge in [0.05, 0.1) is 27.8 Å². The van der Waals surface area contributed by atoms with Crippen molar-refractivity contribution in [1.82, 2.24) is 19.7 Å². The molecular formula is C27H29ClN5O4P. The normalized spacial score (nSPS) is 14.8. The highest BCUT2D eigenvalue weighted by Gasteiger charge is 2.23. The highest BCUT2D eigenvalue weighted by Crippen LogP contribution is 2.43. The Morgan fingerprint density at radius 2 is 2.05 bits per heavy atom. The van der Waals surface area contributed by atoms with Gasteiger partial charge < -0.3 is 14.7 Å². The molecule has 5 rings (SSSR count). The molecule has 0 saturated heterocycles. The van der Waals surface area contributed by atoms with Crippen LogP contribution in [0.1, 0.15) is 49.4 Å². The van der Waals surface area contributed by atoms with Gasteiger partial charge in [-0.3, -0.25) is 9.78 Å². The van der Waals surface area contributed by atoms with Crippen molar-refractivity contribution in [3.05, 3.63) is 65.4 Å². The summed E-state index contributed by atoms with van der Waals surface area (Å²) >= 11 is 6.68. The van der Waals surface area contributed by atoms with E-state index < -0.39 is 7.60 Å². The molecule has 1 atom stereocenters. The number of hydrogen-bond donors (Lipinski definition) is 2. The highest BCUT2D eigenvalue weighted by molar-refractivity contribution is 7.53. The number of nitrogens with one attached hydrogen (secondary N) is 1. The maximum Gasteiger partial charge on any atom is 0.376 e. The Balaban J connectivity index is 1.46. The summed E-state index contributed by atoms with van der Waals surface area (Å²) < 4.78 is 19.3. The zero-order chi connectivity index (χ0) is 26.7. The quantitative estimate of drug-likeness (QED) is 0.202. The van der Waals surface area contributed by atoms with Crippen LogP contribution in [0.4, 0.5) is 5.82 Å². The second kappa shape index (κ2) is 11.2.